The second-order valence-electron chi connectivity index (χ2n) is 8.79. The molecule has 2 aliphatic rings. The first-order valence-electron chi connectivity index (χ1n) is 11.7. The fourth-order valence-corrected chi connectivity index (χ4v) is 6.38. The molecule has 2 aromatic rings. The van der Waals surface area contributed by atoms with Gasteiger partial charge in [0.1, 0.15) is 11.5 Å². The number of para-hydroxylation sites is 2. The number of carbonyl (C=O) groups excluding carboxylic acids is 1. The molecule has 8 nitrogen and oxygen atoms in total. The van der Waals surface area contributed by atoms with E-state index in [1.54, 1.807) is 32.4 Å². The lowest BCUT2D eigenvalue weighted by Gasteiger charge is -2.39. The summed E-state index contributed by atoms with van der Waals surface area (Å²) in [6, 6.07) is 12.8. The molecule has 4 rings (SSSR count). The number of aryl methyl sites for hydroxylation is 1. The van der Waals surface area contributed by atoms with Crippen molar-refractivity contribution in [1.82, 2.24) is 9.21 Å². The molecule has 0 unspecified atom stereocenters. The minimum absolute atomic E-state index is 0.136. The van der Waals surface area contributed by atoms with Crippen LogP contribution in [-0.4, -0.2) is 77.0 Å². The van der Waals surface area contributed by atoms with Crippen molar-refractivity contribution in [2.24, 2.45) is 5.92 Å². The first kappa shape index (κ1) is 24.3. The van der Waals surface area contributed by atoms with Crippen molar-refractivity contribution in [1.29, 1.82) is 0 Å². The normalized spacial score (nSPS) is 18.1. The van der Waals surface area contributed by atoms with E-state index in [0.717, 1.165) is 30.1 Å². The number of piperazine rings is 1. The van der Waals surface area contributed by atoms with E-state index in [0.29, 0.717) is 44.8 Å². The first-order valence-corrected chi connectivity index (χ1v) is 13.1. The van der Waals surface area contributed by atoms with Gasteiger partial charge < -0.3 is 19.3 Å². The van der Waals surface area contributed by atoms with E-state index < -0.39 is 10.0 Å². The van der Waals surface area contributed by atoms with Gasteiger partial charge in [0.2, 0.25) is 15.9 Å². The van der Waals surface area contributed by atoms with Crippen LogP contribution in [0.4, 0.5) is 5.69 Å². The molecule has 2 heterocycles. The third-order valence-corrected chi connectivity index (χ3v) is 8.72. The van der Waals surface area contributed by atoms with Crippen molar-refractivity contribution in [2.75, 3.05) is 58.4 Å². The fourth-order valence-electron chi connectivity index (χ4n) is 4.82. The Morgan fingerprint density at radius 3 is 2.15 bits per heavy atom. The number of anilines is 1. The molecule has 0 bridgehead atoms. The van der Waals surface area contributed by atoms with Crippen molar-refractivity contribution < 1.29 is 22.7 Å². The highest BCUT2D eigenvalue weighted by Crippen LogP contribution is 2.30. The maximum absolute atomic E-state index is 13.2. The van der Waals surface area contributed by atoms with Crippen LogP contribution in [0.2, 0.25) is 0 Å². The van der Waals surface area contributed by atoms with E-state index in [2.05, 4.69) is 4.90 Å². The smallest absolute Gasteiger partial charge is 0.243 e. The molecule has 0 spiro atoms. The molecular formula is C25H33N3O5S. The first-order chi connectivity index (χ1) is 16.3. The van der Waals surface area contributed by atoms with Crippen LogP contribution in [0.15, 0.2) is 47.4 Å². The Labute approximate surface area is 202 Å². The van der Waals surface area contributed by atoms with Gasteiger partial charge in [0.15, 0.2) is 0 Å². The molecule has 0 aromatic heterocycles. The van der Waals surface area contributed by atoms with E-state index in [1.165, 1.54) is 4.31 Å². The third-order valence-electron chi connectivity index (χ3n) is 6.82. The molecule has 0 N–H and O–H groups in total. The summed E-state index contributed by atoms with van der Waals surface area (Å²) in [5.74, 6) is 1.50. The predicted octanol–water partition coefficient (Wildman–Crippen LogP) is 2.76. The van der Waals surface area contributed by atoms with Crippen molar-refractivity contribution in [3.8, 4) is 11.5 Å². The molecule has 2 fully saturated rings. The number of hydrogen-bond acceptors (Lipinski definition) is 6. The second kappa shape index (κ2) is 10.2. The molecule has 0 atom stereocenters. The summed E-state index contributed by atoms with van der Waals surface area (Å²) < 4.78 is 38.4. The quantitative estimate of drug-likeness (QED) is 0.624. The zero-order valence-corrected chi connectivity index (χ0v) is 20.9. The predicted molar refractivity (Wildman–Crippen MR) is 131 cm³/mol. The van der Waals surface area contributed by atoms with E-state index in [9.17, 15) is 13.2 Å². The maximum Gasteiger partial charge on any atom is 0.243 e. The fraction of sp³-hybridized carbons (Fsp3) is 0.480. The summed E-state index contributed by atoms with van der Waals surface area (Å²) in [6.45, 7) is 5.33. The lowest BCUT2D eigenvalue weighted by Crippen LogP contribution is -2.52. The number of piperidine rings is 1. The summed E-state index contributed by atoms with van der Waals surface area (Å²) in [6.07, 6.45) is 1.08. The van der Waals surface area contributed by atoms with Crippen molar-refractivity contribution in [3.05, 3.63) is 48.0 Å². The largest absolute Gasteiger partial charge is 0.496 e. The number of nitrogens with zero attached hydrogens (tertiary/aromatic N) is 3. The van der Waals surface area contributed by atoms with Gasteiger partial charge in [-0.15, -0.1) is 0 Å². The number of hydrogen-bond donors (Lipinski definition) is 0. The lowest BCUT2D eigenvalue weighted by molar-refractivity contribution is -0.137. The zero-order chi connectivity index (χ0) is 24.3. The van der Waals surface area contributed by atoms with E-state index in [-0.39, 0.29) is 16.7 Å². The Balaban J connectivity index is 1.33. The van der Waals surface area contributed by atoms with Gasteiger partial charge in [0.05, 0.1) is 24.8 Å². The van der Waals surface area contributed by atoms with Crippen LogP contribution in [0.3, 0.4) is 0 Å². The van der Waals surface area contributed by atoms with Gasteiger partial charge in [0, 0.05) is 45.2 Å². The summed E-state index contributed by atoms with van der Waals surface area (Å²) in [4.78, 5) is 17.6. The molecule has 0 aliphatic carbocycles. The number of sulfonamides is 1. The molecule has 1 amide bonds. The van der Waals surface area contributed by atoms with Crippen LogP contribution < -0.4 is 14.4 Å². The van der Waals surface area contributed by atoms with Gasteiger partial charge in [-0.05, 0) is 55.7 Å². The topological polar surface area (TPSA) is 79.4 Å². The number of ether oxygens (including phenoxy) is 2. The number of methoxy groups -OCH3 is 2. The van der Waals surface area contributed by atoms with Crippen molar-refractivity contribution in [3.63, 3.8) is 0 Å². The van der Waals surface area contributed by atoms with Gasteiger partial charge >= 0.3 is 0 Å². The molecule has 34 heavy (non-hydrogen) atoms. The second-order valence-corrected chi connectivity index (χ2v) is 10.7. The summed E-state index contributed by atoms with van der Waals surface area (Å²) in [5.41, 5.74) is 1.82. The van der Waals surface area contributed by atoms with Gasteiger partial charge in [-0.1, -0.05) is 12.1 Å². The van der Waals surface area contributed by atoms with Crippen molar-refractivity contribution >= 4 is 21.6 Å². The highest BCUT2D eigenvalue weighted by molar-refractivity contribution is 7.89. The maximum atomic E-state index is 13.2. The van der Waals surface area contributed by atoms with Gasteiger partial charge in [-0.2, -0.15) is 4.31 Å². The molecule has 2 aromatic carbocycles. The molecular weight excluding hydrogens is 454 g/mol. The lowest BCUT2D eigenvalue weighted by atomic mass is 9.96. The number of amides is 1. The Kier molecular flexibility index (Phi) is 7.33. The van der Waals surface area contributed by atoms with Crippen LogP contribution in [-0.2, 0) is 14.8 Å². The van der Waals surface area contributed by atoms with Crippen LogP contribution in [0.1, 0.15) is 18.4 Å². The number of benzene rings is 2. The summed E-state index contributed by atoms with van der Waals surface area (Å²) in [7, 11) is -0.360. The Morgan fingerprint density at radius 1 is 0.882 bits per heavy atom. The van der Waals surface area contributed by atoms with Crippen LogP contribution >= 0.6 is 0 Å². The van der Waals surface area contributed by atoms with Gasteiger partial charge in [0.25, 0.3) is 0 Å². The molecule has 9 heteroatoms. The van der Waals surface area contributed by atoms with Crippen LogP contribution in [0, 0.1) is 12.8 Å². The van der Waals surface area contributed by atoms with E-state index in [4.69, 9.17) is 9.47 Å². The standard InChI is InChI=1S/C25H33N3O5S/c1-19-18-21(8-9-23(19)32-2)34(30,31)28-12-10-20(11-13-28)25(29)27-16-14-26(15-17-27)22-6-4-5-7-24(22)33-3/h4-9,18,20H,10-17H2,1-3H3. The van der Waals surface area contributed by atoms with Crippen molar-refractivity contribution in [2.45, 2.75) is 24.7 Å². The number of carbonyl (C=O) groups is 1. The average molecular weight is 488 g/mol. The highest BCUT2D eigenvalue weighted by Gasteiger charge is 2.35. The highest BCUT2D eigenvalue weighted by atomic mass is 32.2. The minimum Gasteiger partial charge on any atom is -0.496 e. The van der Waals surface area contributed by atoms with Gasteiger partial charge in [-0.25, -0.2) is 8.42 Å². The monoisotopic (exact) mass is 487 g/mol. The third kappa shape index (κ3) is 4.86. The van der Waals surface area contributed by atoms with Crippen LogP contribution in [0.25, 0.3) is 0 Å². The number of rotatable bonds is 6. The molecule has 2 saturated heterocycles. The minimum atomic E-state index is -3.59. The average Bonchev–Trinajstić information content (AvgIpc) is 2.88. The van der Waals surface area contributed by atoms with E-state index in [1.807, 2.05) is 36.1 Å². The molecule has 2 aliphatic heterocycles. The summed E-state index contributed by atoms with van der Waals surface area (Å²) in [5, 5.41) is 0. The Morgan fingerprint density at radius 2 is 1.53 bits per heavy atom. The van der Waals surface area contributed by atoms with Gasteiger partial charge in [-0.3, -0.25) is 4.79 Å². The zero-order valence-electron chi connectivity index (χ0n) is 20.1. The molecule has 0 saturated carbocycles. The SMILES string of the molecule is COc1ccc(S(=O)(=O)N2CCC(C(=O)N3CCN(c4ccccc4OC)CC3)CC2)cc1C. The molecule has 0 radical (unpaired) electrons. The Hall–Kier alpha value is -2.78. The molecule has 184 valence electrons. The van der Waals surface area contributed by atoms with Crippen LogP contribution in [0.5, 0.6) is 11.5 Å². The summed E-state index contributed by atoms with van der Waals surface area (Å²) >= 11 is 0. The van der Waals surface area contributed by atoms with E-state index >= 15 is 0 Å². The Bertz CT molecular complexity index is 1120.